The fourth-order valence-electron chi connectivity index (χ4n) is 1.76. The van der Waals surface area contributed by atoms with Crippen LogP contribution >= 0.6 is 0 Å². The smallest absolute Gasteiger partial charge is 0.341 e. The van der Waals surface area contributed by atoms with E-state index in [1.165, 1.54) is 13.3 Å². The number of fused-ring (bicyclic) bond motifs is 1. The number of carbonyl (C=O) groups is 1. The van der Waals surface area contributed by atoms with Crippen LogP contribution in [0.4, 0.5) is 14.5 Å². The second-order valence-electron chi connectivity index (χ2n) is 3.57. The first-order chi connectivity index (χ1) is 8.58. The zero-order chi connectivity index (χ0) is 13.3. The van der Waals surface area contributed by atoms with Crippen LogP contribution in [0.5, 0.6) is 0 Å². The van der Waals surface area contributed by atoms with Crippen LogP contribution in [-0.2, 0) is 4.74 Å². The number of anilines is 1. The van der Waals surface area contributed by atoms with Crippen molar-refractivity contribution in [1.29, 1.82) is 0 Å². The predicted molar refractivity (Wildman–Crippen MR) is 62.5 cm³/mol. The van der Waals surface area contributed by atoms with Gasteiger partial charge in [-0.1, -0.05) is 0 Å². The third-order valence-corrected chi connectivity index (χ3v) is 2.54. The molecule has 1 aromatic carbocycles. The Morgan fingerprint density at radius 1 is 1.39 bits per heavy atom. The summed E-state index contributed by atoms with van der Waals surface area (Å²) in [5.41, 5.74) is 0.399. The summed E-state index contributed by atoms with van der Waals surface area (Å²) in [7, 11) is 2.77. The van der Waals surface area contributed by atoms with Crippen molar-refractivity contribution in [3.63, 3.8) is 0 Å². The van der Waals surface area contributed by atoms with Gasteiger partial charge in [0.2, 0.25) is 0 Å². The molecule has 0 aliphatic carbocycles. The van der Waals surface area contributed by atoms with E-state index < -0.39 is 17.6 Å². The van der Waals surface area contributed by atoms with Gasteiger partial charge >= 0.3 is 5.97 Å². The Hall–Kier alpha value is -2.24. The van der Waals surface area contributed by atoms with Gasteiger partial charge in [0.15, 0.2) is 5.82 Å². The number of pyridine rings is 1. The van der Waals surface area contributed by atoms with Crippen LogP contribution in [0.2, 0.25) is 0 Å². The number of nitrogens with one attached hydrogen (secondary N) is 1. The van der Waals surface area contributed by atoms with E-state index in [1.54, 1.807) is 7.05 Å². The van der Waals surface area contributed by atoms with E-state index in [1.807, 2.05) is 0 Å². The van der Waals surface area contributed by atoms with Crippen molar-refractivity contribution in [3.8, 4) is 0 Å². The number of ether oxygens (including phenoxy) is 1. The molecule has 2 rings (SSSR count). The normalized spacial score (nSPS) is 10.4. The number of hydrogen-bond acceptors (Lipinski definition) is 4. The monoisotopic (exact) mass is 252 g/mol. The second kappa shape index (κ2) is 4.56. The van der Waals surface area contributed by atoms with Crippen LogP contribution in [0.3, 0.4) is 0 Å². The summed E-state index contributed by atoms with van der Waals surface area (Å²) in [4.78, 5) is 15.3. The highest BCUT2D eigenvalue weighted by molar-refractivity contribution is 6.04. The molecule has 0 atom stereocenters. The topological polar surface area (TPSA) is 51.2 Å². The Labute approximate surface area is 102 Å². The predicted octanol–water partition coefficient (Wildman–Crippen LogP) is 2.34. The molecule has 1 aromatic heterocycles. The highest BCUT2D eigenvalue weighted by Gasteiger charge is 2.17. The number of esters is 1. The van der Waals surface area contributed by atoms with Crippen LogP contribution in [0.25, 0.3) is 10.9 Å². The first kappa shape index (κ1) is 12.2. The molecule has 1 N–H and O–H groups in total. The van der Waals surface area contributed by atoms with E-state index >= 15 is 0 Å². The summed E-state index contributed by atoms with van der Waals surface area (Å²) < 4.78 is 31.3. The van der Waals surface area contributed by atoms with E-state index in [9.17, 15) is 13.6 Å². The molecule has 0 radical (unpaired) electrons. The van der Waals surface area contributed by atoms with Crippen molar-refractivity contribution in [2.24, 2.45) is 0 Å². The molecule has 18 heavy (non-hydrogen) atoms. The third kappa shape index (κ3) is 1.85. The van der Waals surface area contributed by atoms with Crippen LogP contribution in [0, 0.1) is 11.6 Å². The summed E-state index contributed by atoms with van der Waals surface area (Å²) in [6.45, 7) is 0. The van der Waals surface area contributed by atoms with Crippen molar-refractivity contribution < 1.29 is 18.3 Å². The molecular formula is C12H10F2N2O2. The van der Waals surface area contributed by atoms with Gasteiger partial charge in [-0.05, 0) is 6.07 Å². The van der Waals surface area contributed by atoms with Crippen LogP contribution in [0.1, 0.15) is 10.4 Å². The highest BCUT2D eigenvalue weighted by atomic mass is 19.1. The Morgan fingerprint density at radius 3 is 2.72 bits per heavy atom. The number of hydrogen-bond donors (Lipinski definition) is 1. The SMILES string of the molecule is CNc1c(C(=O)OC)cnc2c(F)cc(F)cc12. The van der Waals surface area contributed by atoms with Gasteiger partial charge in [-0.3, -0.25) is 4.98 Å². The number of benzene rings is 1. The van der Waals surface area contributed by atoms with E-state index in [4.69, 9.17) is 0 Å². The van der Waals surface area contributed by atoms with Gasteiger partial charge in [-0.15, -0.1) is 0 Å². The van der Waals surface area contributed by atoms with Crippen molar-refractivity contribution >= 4 is 22.6 Å². The molecule has 0 unspecified atom stereocenters. The van der Waals surface area contributed by atoms with Gasteiger partial charge in [0.25, 0.3) is 0 Å². The lowest BCUT2D eigenvalue weighted by atomic mass is 10.1. The number of rotatable bonds is 2. The summed E-state index contributed by atoms with van der Waals surface area (Å²) in [6, 6.07) is 1.86. The summed E-state index contributed by atoms with van der Waals surface area (Å²) in [5.74, 6) is -2.14. The first-order valence-corrected chi connectivity index (χ1v) is 5.12. The van der Waals surface area contributed by atoms with Crippen molar-refractivity contribution in [2.75, 3.05) is 19.5 Å². The summed E-state index contributed by atoms with van der Waals surface area (Å²) in [6.07, 6.45) is 1.20. The Kier molecular flexibility index (Phi) is 3.10. The van der Waals surface area contributed by atoms with Gasteiger partial charge in [-0.2, -0.15) is 0 Å². The Balaban J connectivity index is 2.82. The standard InChI is InChI=1S/C12H10F2N2O2/c1-15-10-7-3-6(13)4-9(14)11(7)16-5-8(10)12(17)18-2/h3-5H,1-2H3,(H,15,16). The second-order valence-corrected chi connectivity index (χ2v) is 3.57. The molecule has 94 valence electrons. The molecular weight excluding hydrogens is 242 g/mol. The van der Waals surface area contributed by atoms with Crippen LogP contribution < -0.4 is 5.32 Å². The van der Waals surface area contributed by atoms with Crippen molar-refractivity contribution in [2.45, 2.75) is 0 Å². The maximum absolute atomic E-state index is 13.5. The fourth-order valence-corrected chi connectivity index (χ4v) is 1.76. The average Bonchev–Trinajstić information content (AvgIpc) is 2.36. The minimum Gasteiger partial charge on any atom is -0.465 e. The molecule has 6 heteroatoms. The average molecular weight is 252 g/mol. The van der Waals surface area contributed by atoms with Crippen molar-refractivity contribution in [3.05, 3.63) is 35.5 Å². The fraction of sp³-hybridized carbons (Fsp3) is 0.167. The summed E-state index contributed by atoms with van der Waals surface area (Å²) in [5, 5.41) is 2.93. The molecule has 1 heterocycles. The molecule has 0 saturated heterocycles. The molecule has 4 nitrogen and oxygen atoms in total. The Bertz CT molecular complexity index is 629. The maximum Gasteiger partial charge on any atom is 0.341 e. The van der Waals surface area contributed by atoms with Gasteiger partial charge in [-0.25, -0.2) is 13.6 Å². The number of carbonyl (C=O) groups excluding carboxylic acids is 1. The Morgan fingerprint density at radius 2 is 2.11 bits per heavy atom. The van der Waals surface area contributed by atoms with Gasteiger partial charge < -0.3 is 10.1 Å². The minimum atomic E-state index is -0.780. The van der Waals surface area contributed by atoms with Crippen LogP contribution in [0.15, 0.2) is 18.3 Å². The molecule has 0 fully saturated rings. The van der Waals surface area contributed by atoms with E-state index in [2.05, 4.69) is 15.0 Å². The molecule has 0 amide bonds. The number of halogens is 2. The molecule has 0 aliphatic rings. The molecule has 0 aliphatic heterocycles. The van der Waals surface area contributed by atoms with E-state index in [0.29, 0.717) is 0 Å². The van der Waals surface area contributed by atoms with Gasteiger partial charge in [0, 0.05) is 24.7 Å². The first-order valence-electron chi connectivity index (χ1n) is 5.12. The van der Waals surface area contributed by atoms with E-state index in [0.717, 1.165) is 12.1 Å². The quantitative estimate of drug-likeness (QED) is 0.833. The molecule has 0 spiro atoms. The van der Waals surface area contributed by atoms with Crippen LogP contribution in [-0.4, -0.2) is 25.1 Å². The molecule has 0 saturated carbocycles. The summed E-state index contributed by atoms with van der Waals surface area (Å²) >= 11 is 0. The van der Waals surface area contributed by atoms with Gasteiger partial charge in [0.05, 0.1) is 12.8 Å². The minimum absolute atomic E-state index is 0.00611. The largest absolute Gasteiger partial charge is 0.465 e. The van der Waals surface area contributed by atoms with Crippen molar-refractivity contribution in [1.82, 2.24) is 4.98 Å². The lowest BCUT2D eigenvalue weighted by Gasteiger charge is -2.10. The number of aromatic nitrogens is 1. The third-order valence-electron chi connectivity index (χ3n) is 2.54. The molecule has 2 aromatic rings. The maximum atomic E-state index is 13.5. The lowest BCUT2D eigenvalue weighted by Crippen LogP contribution is -2.07. The van der Waals surface area contributed by atoms with Gasteiger partial charge in [0.1, 0.15) is 16.9 Å². The van der Waals surface area contributed by atoms with E-state index in [-0.39, 0.29) is 22.2 Å². The number of methoxy groups -OCH3 is 1. The number of nitrogens with zero attached hydrogens (tertiary/aromatic N) is 1. The zero-order valence-electron chi connectivity index (χ0n) is 9.75. The molecule has 0 bridgehead atoms. The highest BCUT2D eigenvalue weighted by Crippen LogP contribution is 2.28. The zero-order valence-corrected chi connectivity index (χ0v) is 9.75. The lowest BCUT2D eigenvalue weighted by molar-refractivity contribution is 0.0601.